The standard InChI is InChI=1S/C16H16FN3O/c17-12-6-2-1-5-11(12)16-19-15-13(18)7-3-8-14(15)20(16)9-4-10-21/h1-3,5-8,21H,4,9-10,18H2. The molecule has 3 rings (SSSR count). The highest BCUT2D eigenvalue weighted by atomic mass is 19.1. The molecule has 4 nitrogen and oxygen atoms in total. The molecule has 1 heterocycles. The molecule has 0 fully saturated rings. The smallest absolute Gasteiger partial charge is 0.144 e. The molecule has 2 aromatic carbocycles. The summed E-state index contributed by atoms with van der Waals surface area (Å²) in [7, 11) is 0. The minimum Gasteiger partial charge on any atom is -0.397 e. The molecule has 0 aliphatic carbocycles. The second kappa shape index (κ2) is 5.54. The number of imidazole rings is 1. The van der Waals surface area contributed by atoms with Gasteiger partial charge >= 0.3 is 0 Å². The molecule has 0 unspecified atom stereocenters. The number of hydrogen-bond acceptors (Lipinski definition) is 3. The first-order chi connectivity index (χ1) is 10.2. The van der Waals surface area contributed by atoms with Crippen LogP contribution in [0, 0.1) is 5.82 Å². The van der Waals surface area contributed by atoms with Gasteiger partial charge in [0, 0.05) is 13.2 Å². The number of para-hydroxylation sites is 1. The molecule has 0 saturated carbocycles. The minimum absolute atomic E-state index is 0.0682. The SMILES string of the molecule is Nc1cccc2c1nc(-c1ccccc1F)n2CCCO. The van der Waals surface area contributed by atoms with E-state index in [-0.39, 0.29) is 12.4 Å². The van der Waals surface area contributed by atoms with Crippen molar-refractivity contribution in [2.75, 3.05) is 12.3 Å². The van der Waals surface area contributed by atoms with E-state index in [0.717, 1.165) is 5.52 Å². The Kier molecular flexibility index (Phi) is 3.58. The number of aromatic nitrogens is 2. The number of fused-ring (bicyclic) bond motifs is 1. The summed E-state index contributed by atoms with van der Waals surface area (Å²) in [6.45, 7) is 0.624. The van der Waals surface area contributed by atoms with Gasteiger partial charge < -0.3 is 15.4 Å². The molecule has 1 aromatic heterocycles. The van der Waals surface area contributed by atoms with E-state index >= 15 is 0 Å². The van der Waals surface area contributed by atoms with E-state index in [1.807, 2.05) is 16.7 Å². The van der Waals surface area contributed by atoms with Gasteiger partial charge in [-0.25, -0.2) is 9.37 Å². The van der Waals surface area contributed by atoms with Crippen LogP contribution >= 0.6 is 0 Å². The summed E-state index contributed by atoms with van der Waals surface area (Å²) in [6.07, 6.45) is 0.571. The molecule has 0 amide bonds. The number of anilines is 1. The molecule has 0 atom stereocenters. The van der Waals surface area contributed by atoms with Gasteiger partial charge in [0.25, 0.3) is 0 Å². The fraction of sp³-hybridized carbons (Fsp3) is 0.188. The zero-order valence-corrected chi connectivity index (χ0v) is 11.5. The summed E-state index contributed by atoms with van der Waals surface area (Å²) in [4.78, 5) is 4.51. The van der Waals surface area contributed by atoms with E-state index < -0.39 is 0 Å². The largest absolute Gasteiger partial charge is 0.397 e. The fourth-order valence-corrected chi connectivity index (χ4v) is 2.47. The maximum Gasteiger partial charge on any atom is 0.144 e. The van der Waals surface area contributed by atoms with Crippen molar-refractivity contribution in [1.29, 1.82) is 0 Å². The minimum atomic E-state index is -0.323. The van der Waals surface area contributed by atoms with Gasteiger partial charge in [0.05, 0.1) is 16.8 Å². The number of rotatable bonds is 4. The molecule has 0 bridgehead atoms. The number of aryl methyl sites for hydroxylation is 1. The first-order valence-corrected chi connectivity index (χ1v) is 6.83. The topological polar surface area (TPSA) is 64.1 Å². The molecular weight excluding hydrogens is 269 g/mol. The maximum absolute atomic E-state index is 14.1. The Morgan fingerprint density at radius 1 is 1.14 bits per heavy atom. The number of aliphatic hydroxyl groups excluding tert-OH is 1. The van der Waals surface area contributed by atoms with Crippen LogP contribution in [0.4, 0.5) is 10.1 Å². The number of benzene rings is 2. The lowest BCUT2D eigenvalue weighted by Gasteiger charge is -2.09. The Bertz CT molecular complexity index is 782. The molecule has 0 radical (unpaired) electrons. The van der Waals surface area contributed by atoms with Crippen LogP contribution in [-0.2, 0) is 6.54 Å². The van der Waals surface area contributed by atoms with Crippen LogP contribution in [0.2, 0.25) is 0 Å². The third kappa shape index (κ3) is 2.36. The van der Waals surface area contributed by atoms with E-state index in [4.69, 9.17) is 10.8 Å². The van der Waals surface area contributed by atoms with E-state index in [1.54, 1.807) is 24.3 Å². The quantitative estimate of drug-likeness (QED) is 0.724. The van der Waals surface area contributed by atoms with Crippen molar-refractivity contribution in [3.8, 4) is 11.4 Å². The van der Waals surface area contributed by atoms with Gasteiger partial charge in [-0.1, -0.05) is 18.2 Å². The van der Waals surface area contributed by atoms with Crippen molar-refractivity contribution in [3.63, 3.8) is 0 Å². The molecule has 3 N–H and O–H groups in total. The fourth-order valence-electron chi connectivity index (χ4n) is 2.47. The number of nitrogens with zero attached hydrogens (tertiary/aromatic N) is 2. The molecule has 21 heavy (non-hydrogen) atoms. The second-order valence-corrected chi connectivity index (χ2v) is 4.86. The van der Waals surface area contributed by atoms with Crippen molar-refractivity contribution < 1.29 is 9.50 Å². The van der Waals surface area contributed by atoms with Crippen LogP contribution in [-0.4, -0.2) is 21.3 Å². The first-order valence-electron chi connectivity index (χ1n) is 6.83. The highest BCUT2D eigenvalue weighted by molar-refractivity contribution is 5.90. The van der Waals surface area contributed by atoms with Crippen LogP contribution < -0.4 is 5.73 Å². The summed E-state index contributed by atoms with van der Waals surface area (Å²) < 4.78 is 16.0. The number of aliphatic hydroxyl groups is 1. The monoisotopic (exact) mass is 285 g/mol. The molecule has 3 aromatic rings. The Labute approximate surface area is 121 Å². The maximum atomic E-state index is 14.1. The summed E-state index contributed by atoms with van der Waals surface area (Å²) >= 11 is 0. The Balaban J connectivity index is 2.26. The lowest BCUT2D eigenvalue weighted by molar-refractivity contribution is 0.281. The lowest BCUT2D eigenvalue weighted by atomic mass is 10.2. The van der Waals surface area contributed by atoms with Crippen molar-refractivity contribution >= 4 is 16.7 Å². The number of hydrogen-bond donors (Lipinski definition) is 2. The summed E-state index contributed by atoms with van der Waals surface area (Å²) in [5.74, 6) is 0.214. The van der Waals surface area contributed by atoms with Gasteiger partial charge in [-0.05, 0) is 30.7 Å². The average molecular weight is 285 g/mol. The van der Waals surface area contributed by atoms with Gasteiger partial charge in [-0.2, -0.15) is 0 Å². The van der Waals surface area contributed by atoms with Gasteiger partial charge in [-0.3, -0.25) is 0 Å². The number of nitrogen functional groups attached to an aromatic ring is 1. The third-order valence-corrected chi connectivity index (χ3v) is 3.46. The van der Waals surface area contributed by atoms with Crippen molar-refractivity contribution in [2.24, 2.45) is 0 Å². The predicted molar refractivity (Wildman–Crippen MR) is 81.2 cm³/mol. The van der Waals surface area contributed by atoms with Crippen LogP contribution in [0.25, 0.3) is 22.4 Å². The summed E-state index contributed by atoms with van der Waals surface area (Å²) in [5.41, 5.74) is 8.47. The molecule has 0 saturated heterocycles. The molecule has 0 aliphatic heterocycles. The molecule has 108 valence electrons. The van der Waals surface area contributed by atoms with Crippen molar-refractivity contribution in [3.05, 3.63) is 48.3 Å². The van der Waals surface area contributed by atoms with E-state index in [9.17, 15) is 4.39 Å². The number of nitrogens with two attached hydrogens (primary N) is 1. The molecular formula is C16H16FN3O. The van der Waals surface area contributed by atoms with Crippen LogP contribution in [0.1, 0.15) is 6.42 Å². The van der Waals surface area contributed by atoms with Crippen LogP contribution in [0.5, 0.6) is 0 Å². The summed E-state index contributed by atoms with van der Waals surface area (Å²) in [5, 5.41) is 9.08. The Morgan fingerprint density at radius 2 is 1.95 bits per heavy atom. The highest BCUT2D eigenvalue weighted by Crippen LogP contribution is 2.29. The van der Waals surface area contributed by atoms with E-state index in [0.29, 0.717) is 35.6 Å². The average Bonchev–Trinajstić information content (AvgIpc) is 2.85. The van der Waals surface area contributed by atoms with E-state index in [2.05, 4.69) is 4.98 Å². The molecule has 0 aliphatic rings. The predicted octanol–water partition coefficient (Wildman–Crippen LogP) is 2.81. The first kappa shape index (κ1) is 13.6. The normalized spacial score (nSPS) is 11.1. The van der Waals surface area contributed by atoms with Crippen LogP contribution in [0.15, 0.2) is 42.5 Å². The van der Waals surface area contributed by atoms with E-state index in [1.165, 1.54) is 6.07 Å². The van der Waals surface area contributed by atoms with Crippen molar-refractivity contribution in [1.82, 2.24) is 9.55 Å². The molecule has 0 spiro atoms. The van der Waals surface area contributed by atoms with Gasteiger partial charge in [0.15, 0.2) is 0 Å². The zero-order valence-electron chi connectivity index (χ0n) is 11.5. The zero-order chi connectivity index (χ0) is 14.8. The van der Waals surface area contributed by atoms with Gasteiger partial charge in [0.2, 0.25) is 0 Å². The Morgan fingerprint density at radius 3 is 2.71 bits per heavy atom. The van der Waals surface area contributed by atoms with Crippen molar-refractivity contribution in [2.45, 2.75) is 13.0 Å². The highest BCUT2D eigenvalue weighted by Gasteiger charge is 2.16. The number of halogens is 1. The molecule has 5 heteroatoms. The van der Waals surface area contributed by atoms with Gasteiger partial charge in [-0.15, -0.1) is 0 Å². The summed E-state index contributed by atoms with van der Waals surface area (Å²) in [6, 6.07) is 12.1. The third-order valence-electron chi connectivity index (χ3n) is 3.46. The van der Waals surface area contributed by atoms with Crippen LogP contribution in [0.3, 0.4) is 0 Å². The lowest BCUT2D eigenvalue weighted by Crippen LogP contribution is -2.03. The Hall–Kier alpha value is -2.40. The van der Waals surface area contributed by atoms with Gasteiger partial charge in [0.1, 0.15) is 17.2 Å². The second-order valence-electron chi connectivity index (χ2n) is 4.86.